The molecule has 0 aliphatic heterocycles. The molecule has 26 heavy (non-hydrogen) atoms. The lowest BCUT2D eigenvalue weighted by Gasteiger charge is -2.12. The third kappa shape index (κ3) is 3.16. The van der Waals surface area contributed by atoms with E-state index >= 15 is 0 Å². The van der Waals surface area contributed by atoms with Gasteiger partial charge >= 0.3 is 0 Å². The number of benzene rings is 1. The van der Waals surface area contributed by atoms with Crippen molar-refractivity contribution in [1.82, 2.24) is 15.2 Å². The van der Waals surface area contributed by atoms with E-state index < -0.39 is 0 Å². The van der Waals surface area contributed by atoms with Crippen LogP contribution in [0.3, 0.4) is 0 Å². The summed E-state index contributed by atoms with van der Waals surface area (Å²) in [7, 11) is 0. The van der Waals surface area contributed by atoms with E-state index in [1.807, 2.05) is 25.1 Å². The van der Waals surface area contributed by atoms with E-state index in [4.69, 9.17) is 0 Å². The maximum absolute atomic E-state index is 11.4. The van der Waals surface area contributed by atoms with Crippen LogP contribution in [0.15, 0.2) is 35.1 Å². The largest absolute Gasteiger partial charge is 0.382 e. The van der Waals surface area contributed by atoms with Crippen LogP contribution in [0.1, 0.15) is 30.7 Å². The number of fused-ring (bicyclic) bond motifs is 1. The Hall–Kier alpha value is -3.20. The second-order valence-corrected chi connectivity index (χ2v) is 6.79. The van der Waals surface area contributed by atoms with Gasteiger partial charge < -0.3 is 10.3 Å². The molecule has 2 heterocycles. The van der Waals surface area contributed by atoms with E-state index in [1.54, 1.807) is 6.07 Å². The predicted molar refractivity (Wildman–Crippen MR) is 101 cm³/mol. The zero-order valence-electron chi connectivity index (χ0n) is 14.5. The topological polar surface area (TPSA) is 94.5 Å². The fourth-order valence-electron chi connectivity index (χ4n) is 3.23. The van der Waals surface area contributed by atoms with Crippen molar-refractivity contribution < 1.29 is 0 Å². The lowest BCUT2D eigenvalue weighted by Crippen LogP contribution is -2.07. The van der Waals surface area contributed by atoms with E-state index in [-0.39, 0.29) is 5.56 Å². The molecule has 4 rings (SSSR count). The Kier molecular flexibility index (Phi) is 4.13. The molecule has 0 bridgehead atoms. The fraction of sp³-hybridized carbons (Fsp3) is 0.300. The number of pyridine rings is 1. The number of rotatable bonds is 5. The smallest absolute Gasteiger partial charge is 0.248 e. The Bertz CT molecular complexity index is 1080. The molecule has 1 aliphatic rings. The number of H-pyrrole nitrogens is 1. The molecule has 0 unspecified atom stereocenters. The molecule has 0 amide bonds. The second-order valence-electron chi connectivity index (χ2n) is 6.79. The lowest BCUT2D eigenvalue weighted by atomic mass is 10.0. The van der Waals surface area contributed by atoms with Crippen molar-refractivity contribution in [3.63, 3.8) is 0 Å². The molecule has 1 aromatic carbocycles. The van der Waals surface area contributed by atoms with Crippen LogP contribution >= 0.6 is 0 Å². The molecule has 0 saturated heterocycles. The summed E-state index contributed by atoms with van der Waals surface area (Å²) in [6.07, 6.45) is 3.73. The number of nitrogens with one attached hydrogen (secondary N) is 2. The summed E-state index contributed by atoms with van der Waals surface area (Å²) >= 11 is 0. The molecule has 0 spiro atoms. The van der Waals surface area contributed by atoms with E-state index in [0.717, 1.165) is 52.3 Å². The summed E-state index contributed by atoms with van der Waals surface area (Å²) in [5.41, 5.74) is 4.38. The summed E-state index contributed by atoms with van der Waals surface area (Å²) in [5, 5.41) is 21.9. The predicted octanol–water partition coefficient (Wildman–Crippen LogP) is 3.38. The first kappa shape index (κ1) is 16.3. The van der Waals surface area contributed by atoms with Crippen LogP contribution in [0.5, 0.6) is 0 Å². The number of aromatic amines is 1. The van der Waals surface area contributed by atoms with Crippen molar-refractivity contribution in [1.29, 1.82) is 5.26 Å². The number of aromatic nitrogens is 3. The molecule has 6 heteroatoms. The number of hydrogen-bond donors (Lipinski definition) is 2. The van der Waals surface area contributed by atoms with Crippen LogP contribution in [0.2, 0.25) is 0 Å². The highest BCUT2D eigenvalue weighted by Crippen LogP contribution is 2.33. The highest BCUT2D eigenvalue weighted by atomic mass is 16.1. The average Bonchev–Trinajstić information content (AvgIpc) is 3.45. The highest BCUT2D eigenvalue weighted by molar-refractivity contribution is 5.95. The van der Waals surface area contributed by atoms with Crippen molar-refractivity contribution in [3.05, 3.63) is 52.1 Å². The van der Waals surface area contributed by atoms with Crippen molar-refractivity contribution >= 4 is 16.6 Å². The third-order valence-electron chi connectivity index (χ3n) is 4.85. The van der Waals surface area contributed by atoms with Gasteiger partial charge in [0.05, 0.1) is 11.2 Å². The van der Waals surface area contributed by atoms with Gasteiger partial charge in [0.2, 0.25) is 5.56 Å². The first-order valence-electron chi connectivity index (χ1n) is 8.80. The molecule has 0 atom stereocenters. The normalized spacial score (nSPS) is 13.5. The quantitative estimate of drug-likeness (QED) is 0.739. The first-order chi connectivity index (χ1) is 12.7. The number of nitrogens with zero attached hydrogens (tertiary/aromatic N) is 3. The Morgan fingerprint density at radius 1 is 1.27 bits per heavy atom. The zero-order valence-corrected chi connectivity index (χ0v) is 14.5. The molecule has 1 aliphatic carbocycles. The summed E-state index contributed by atoms with van der Waals surface area (Å²) in [4.78, 5) is 14.2. The summed E-state index contributed by atoms with van der Waals surface area (Å²) in [6.45, 7) is 2.71. The number of nitriles is 1. The van der Waals surface area contributed by atoms with Crippen molar-refractivity contribution in [2.75, 3.05) is 11.9 Å². The van der Waals surface area contributed by atoms with Gasteiger partial charge in [-0.2, -0.15) is 5.26 Å². The van der Waals surface area contributed by atoms with Gasteiger partial charge in [0, 0.05) is 29.3 Å². The van der Waals surface area contributed by atoms with E-state index in [9.17, 15) is 10.1 Å². The van der Waals surface area contributed by atoms with Crippen LogP contribution in [-0.2, 0) is 0 Å². The molecule has 2 N–H and O–H groups in total. The van der Waals surface area contributed by atoms with E-state index in [2.05, 4.69) is 26.6 Å². The maximum Gasteiger partial charge on any atom is 0.248 e. The maximum atomic E-state index is 11.4. The summed E-state index contributed by atoms with van der Waals surface area (Å²) < 4.78 is 0. The standard InChI is InChI=1S/C20H19N5O/c1-12-15(6-7-19(26)23-12)14-4-5-16-17(10-14)24-25-18(11-21)20(16)22-9-8-13-2-3-13/h4-7,10,13H,2-3,8-9H2,1H3,(H,22,24)(H,23,26). The van der Waals surface area contributed by atoms with E-state index in [1.165, 1.54) is 18.9 Å². The molecule has 2 aromatic heterocycles. The minimum absolute atomic E-state index is 0.118. The van der Waals surface area contributed by atoms with Gasteiger partial charge in [0.25, 0.3) is 0 Å². The molecule has 3 aromatic rings. The van der Waals surface area contributed by atoms with Gasteiger partial charge in [0.15, 0.2) is 5.69 Å². The van der Waals surface area contributed by atoms with Crippen LogP contribution in [0.4, 0.5) is 5.69 Å². The Labute approximate surface area is 150 Å². The molecule has 1 fully saturated rings. The van der Waals surface area contributed by atoms with Crippen LogP contribution in [-0.4, -0.2) is 21.7 Å². The molecule has 1 saturated carbocycles. The van der Waals surface area contributed by atoms with Crippen molar-refractivity contribution in [2.45, 2.75) is 26.2 Å². The first-order valence-corrected chi connectivity index (χ1v) is 8.80. The fourth-order valence-corrected chi connectivity index (χ4v) is 3.23. The molecular weight excluding hydrogens is 326 g/mol. The minimum Gasteiger partial charge on any atom is -0.382 e. The Morgan fingerprint density at radius 2 is 2.12 bits per heavy atom. The van der Waals surface area contributed by atoms with Gasteiger partial charge in [-0.1, -0.05) is 18.9 Å². The molecule has 6 nitrogen and oxygen atoms in total. The van der Waals surface area contributed by atoms with Crippen molar-refractivity contribution in [3.8, 4) is 17.2 Å². The van der Waals surface area contributed by atoms with Gasteiger partial charge in [-0.25, -0.2) is 0 Å². The van der Waals surface area contributed by atoms with Gasteiger partial charge in [-0.05, 0) is 43.0 Å². The van der Waals surface area contributed by atoms with Crippen LogP contribution in [0.25, 0.3) is 22.0 Å². The second kappa shape index (κ2) is 6.60. The summed E-state index contributed by atoms with van der Waals surface area (Å²) in [6, 6.07) is 11.3. The number of hydrogen-bond acceptors (Lipinski definition) is 5. The van der Waals surface area contributed by atoms with Gasteiger partial charge in [-0.3, -0.25) is 4.79 Å². The molecule has 0 radical (unpaired) electrons. The zero-order chi connectivity index (χ0) is 18.1. The monoisotopic (exact) mass is 345 g/mol. The molecule has 130 valence electrons. The van der Waals surface area contributed by atoms with Crippen LogP contribution < -0.4 is 10.9 Å². The SMILES string of the molecule is Cc1[nH]c(=O)ccc1-c1ccc2c(NCCC3CC3)c(C#N)nnc2c1. The highest BCUT2D eigenvalue weighted by Gasteiger charge is 2.21. The van der Waals surface area contributed by atoms with Gasteiger partial charge in [0.1, 0.15) is 6.07 Å². The Morgan fingerprint density at radius 3 is 2.85 bits per heavy atom. The average molecular weight is 345 g/mol. The summed E-state index contributed by atoms with van der Waals surface area (Å²) in [5.74, 6) is 0.823. The lowest BCUT2D eigenvalue weighted by molar-refractivity contribution is 0.760. The minimum atomic E-state index is -0.118. The van der Waals surface area contributed by atoms with Crippen molar-refractivity contribution in [2.24, 2.45) is 5.92 Å². The van der Waals surface area contributed by atoms with E-state index in [0.29, 0.717) is 5.69 Å². The van der Waals surface area contributed by atoms with Gasteiger partial charge in [-0.15, -0.1) is 10.2 Å². The van der Waals surface area contributed by atoms with Crippen LogP contribution in [0, 0.1) is 24.2 Å². The Balaban J connectivity index is 1.74. The number of aryl methyl sites for hydroxylation is 1. The molecular formula is C20H19N5O. The number of anilines is 1. The third-order valence-corrected chi connectivity index (χ3v) is 4.85.